The second-order valence-electron chi connectivity index (χ2n) is 8.19. The molecule has 30 heavy (non-hydrogen) atoms. The van der Waals surface area contributed by atoms with Gasteiger partial charge in [0.05, 0.1) is 24.9 Å². The van der Waals surface area contributed by atoms with E-state index in [0.717, 1.165) is 18.4 Å². The standard InChI is InChI=1S/C25H36O5/c1-19(26)9-5-2-3-8-12-22-23(25(29)17-24(22)28)14-13-21(27)15-16-30-18-20-10-6-4-7-11-20/h3-4,6-8,10-11,13-14,21-25,27-29H,2,5,9,12,15-18H2,1H3/b8-3-,14-13+/t21-,22-,23-,24+,25-/m1/s1. The van der Waals surface area contributed by atoms with E-state index in [1.807, 2.05) is 48.6 Å². The van der Waals surface area contributed by atoms with Crippen molar-refractivity contribution in [1.82, 2.24) is 0 Å². The van der Waals surface area contributed by atoms with Gasteiger partial charge in [0.25, 0.3) is 0 Å². The van der Waals surface area contributed by atoms with Crippen LogP contribution in [0.4, 0.5) is 0 Å². The molecule has 0 spiro atoms. The summed E-state index contributed by atoms with van der Waals surface area (Å²) in [5, 5.41) is 30.8. The van der Waals surface area contributed by atoms with Crippen molar-refractivity contribution in [3.63, 3.8) is 0 Å². The van der Waals surface area contributed by atoms with Gasteiger partial charge >= 0.3 is 0 Å². The predicted molar refractivity (Wildman–Crippen MR) is 118 cm³/mol. The van der Waals surface area contributed by atoms with Crippen LogP contribution in [0.1, 0.15) is 51.0 Å². The summed E-state index contributed by atoms with van der Waals surface area (Å²) < 4.78 is 5.61. The van der Waals surface area contributed by atoms with Gasteiger partial charge in [-0.05, 0) is 37.7 Å². The van der Waals surface area contributed by atoms with E-state index in [0.29, 0.717) is 38.9 Å². The minimum absolute atomic E-state index is 0.0677. The number of aliphatic hydroxyl groups is 3. The smallest absolute Gasteiger partial charge is 0.129 e. The highest BCUT2D eigenvalue weighted by molar-refractivity contribution is 5.75. The van der Waals surface area contributed by atoms with E-state index in [9.17, 15) is 20.1 Å². The number of carbonyl (C=O) groups is 1. The van der Waals surface area contributed by atoms with Crippen LogP contribution in [0.25, 0.3) is 0 Å². The number of benzene rings is 1. The number of hydrogen-bond donors (Lipinski definition) is 3. The second-order valence-corrected chi connectivity index (χ2v) is 8.19. The van der Waals surface area contributed by atoms with Crippen molar-refractivity contribution >= 4 is 5.78 Å². The van der Waals surface area contributed by atoms with E-state index < -0.39 is 18.3 Å². The molecule has 1 aliphatic carbocycles. The van der Waals surface area contributed by atoms with Crippen molar-refractivity contribution in [1.29, 1.82) is 0 Å². The molecule has 5 atom stereocenters. The highest BCUT2D eigenvalue weighted by atomic mass is 16.5. The first-order valence-electron chi connectivity index (χ1n) is 11.0. The zero-order chi connectivity index (χ0) is 21.8. The fraction of sp³-hybridized carbons (Fsp3) is 0.560. The van der Waals surface area contributed by atoms with Gasteiger partial charge in [0.2, 0.25) is 0 Å². The zero-order valence-electron chi connectivity index (χ0n) is 17.9. The fourth-order valence-electron chi connectivity index (χ4n) is 3.87. The molecule has 166 valence electrons. The van der Waals surface area contributed by atoms with Crippen LogP contribution in [-0.4, -0.2) is 46.0 Å². The van der Waals surface area contributed by atoms with Crippen LogP contribution in [0.15, 0.2) is 54.6 Å². The number of rotatable bonds is 13. The number of Topliss-reactive ketones (excluding diaryl/α,β-unsaturated/α-hetero) is 1. The van der Waals surface area contributed by atoms with Gasteiger partial charge in [-0.2, -0.15) is 0 Å². The Morgan fingerprint density at radius 1 is 1.20 bits per heavy atom. The van der Waals surface area contributed by atoms with Crippen LogP contribution < -0.4 is 0 Å². The molecule has 0 amide bonds. The summed E-state index contributed by atoms with van der Waals surface area (Å²) in [5.74, 6) is -0.0458. The largest absolute Gasteiger partial charge is 0.393 e. The van der Waals surface area contributed by atoms with Crippen LogP contribution in [0.3, 0.4) is 0 Å². The molecule has 0 unspecified atom stereocenters. The number of ether oxygens (including phenoxy) is 1. The molecule has 1 aromatic carbocycles. The summed E-state index contributed by atoms with van der Waals surface area (Å²) in [4.78, 5) is 11.0. The average Bonchev–Trinajstić information content (AvgIpc) is 2.99. The van der Waals surface area contributed by atoms with Gasteiger partial charge in [-0.25, -0.2) is 0 Å². The maximum Gasteiger partial charge on any atom is 0.129 e. The van der Waals surface area contributed by atoms with Gasteiger partial charge in [0, 0.05) is 31.8 Å². The molecule has 2 rings (SSSR count). The van der Waals surface area contributed by atoms with E-state index in [-0.39, 0.29) is 17.6 Å². The molecule has 5 nitrogen and oxygen atoms in total. The first-order chi connectivity index (χ1) is 14.5. The molecule has 0 heterocycles. The Bertz CT molecular complexity index is 669. The topological polar surface area (TPSA) is 87.0 Å². The quantitative estimate of drug-likeness (QED) is 0.338. The van der Waals surface area contributed by atoms with Crippen molar-refractivity contribution in [3.05, 3.63) is 60.2 Å². The normalized spacial score (nSPS) is 25.3. The summed E-state index contributed by atoms with van der Waals surface area (Å²) >= 11 is 0. The van der Waals surface area contributed by atoms with Crippen molar-refractivity contribution in [2.24, 2.45) is 11.8 Å². The molecule has 5 heteroatoms. The van der Waals surface area contributed by atoms with Crippen molar-refractivity contribution in [2.45, 2.75) is 70.4 Å². The van der Waals surface area contributed by atoms with E-state index in [4.69, 9.17) is 4.74 Å². The van der Waals surface area contributed by atoms with E-state index in [1.54, 1.807) is 13.0 Å². The number of aliphatic hydroxyl groups excluding tert-OH is 3. The van der Waals surface area contributed by atoms with E-state index in [2.05, 4.69) is 0 Å². The van der Waals surface area contributed by atoms with Crippen molar-refractivity contribution in [3.8, 4) is 0 Å². The van der Waals surface area contributed by atoms with Gasteiger partial charge < -0.3 is 24.9 Å². The maximum atomic E-state index is 11.0. The molecule has 3 N–H and O–H groups in total. The molecule has 0 aromatic heterocycles. The Morgan fingerprint density at radius 3 is 2.70 bits per heavy atom. The lowest BCUT2D eigenvalue weighted by atomic mass is 9.89. The Morgan fingerprint density at radius 2 is 1.97 bits per heavy atom. The predicted octanol–water partition coefficient (Wildman–Crippen LogP) is 3.57. The number of ketones is 1. The van der Waals surface area contributed by atoms with Crippen LogP contribution >= 0.6 is 0 Å². The zero-order valence-corrected chi connectivity index (χ0v) is 17.9. The molecule has 1 fully saturated rings. The highest BCUT2D eigenvalue weighted by Crippen LogP contribution is 2.36. The molecular formula is C25H36O5. The lowest BCUT2D eigenvalue weighted by Gasteiger charge is -2.19. The van der Waals surface area contributed by atoms with Crippen LogP contribution in [0.5, 0.6) is 0 Å². The van der Waals surface area contributed by atoms with Crippen LogP contribution in [-0.2, 0) is 16.1 Å². The minimum Gasteiger partial charge on any atom is -0.393 e. The average molecular weight is 417 g/mol. The first-order valence-corrected chi connectivity index (χ1v) is 11.0. The third-order valence-corrected chi connectivity index (χ3v) is 5.62. The van der Waals surface area contributed by atoms with Crippen molar-refractivity contribution in [2.75, 3.05) is 6.61 Å². The molecule has 1 aromatic rings. The van der Waals surface area contributed by atoms with E-state index >= 15 is 0 Å². The molecule has 0 aliphatic heterocycles. The number of carbonyl (C=O) groups excluding carboxylic acids is 1. The van der Waals surface area contributed by atoms with Crippen LogP contribution in [0.2, 0.25) is 0 Å². The second kappa shape index (κ2) is 13.5. The third-order valence-electron chi connectivity index (χ3n) is 5.62. The Balaban J connectivity index is 1.73. The van der Waals surface area contributed by atoms with Gasteiger partial charge in [0.1, 0.15) is 5.78 Å². The molecule has 0 bridgehead atoms. The lowest BCUT2D eigenvalue weighted by Crippen LogP contribution is -2.20. The number of allylic oxidation sites excluding steroid dienone is 2. The number of unbranched alkanes of at least 4 members (excludes halogenated alkanes) is 1. The van der Waals surface area contributed by atoms with Crippen molar-refractivity contribution < 1.29 is 24.9 Å². The Kier molecular flexibility index (Phi) is 11.0. The summed E-state index contributed by atoms with van der Waals surface area (Å²) in [6.45, 7) is 2.56. The van der Waals surface area contributed by atoms with Crippen LogP contribution in [0, 0.1) is 11.8 Å². The summed E-state index contributed by atoms with van der Waals surface area (Å²) in [5.41, 5.74) is 1.10. The van der Waals surface area contributed by atoms with Gasteiger partial charge in [-0.15, -0.1) is 0 Å². The summed E-state index contributed by atoms with van der Waals surface area (Å²) in [6, 6.07) is 9.90. The Hall–Kier alpha value is -1.79. The molecule has 0 saturated heterocycles. The lowest BCUT2D eigenvalue weighted by molar-refractivity contribution is -0.117. The minimum atomic E-state index is -0.645. The molecule has 0 radical (unpaired) electrons. The Labute approximate surface area is 180 Å². The summed E-state index contributed by atoms with van der Waals surface area (Å²) in [6.07, 6.45) is 9.60. The summed E-state index contributed by atoms with van der Waals surface area (Å²) in [7, 11) is 0. The molecular weight excluding hydrogens is 380 g/mol. The third kappa shape index (κ3) is 8.92. The van der Waals surface area contributed by atoms with E-state index in [1.165, 1.54) is 0 Å². The van der Waals surface area contributed by atoms with Gasteiger partial charge in [-0.1, -0.05) is 54.6 Å². The van der Waals surface area contributed by atoms with Gasteiger partial charge in [0.15, 0.2) is 0 Å². The molecule has 1 aliphatic rings. The first kappa shape index (κ1) is 24.5. The SMILES string of the molecule is CC(=O)CCC/C=C\C[C@@H]1[C@@H](/C=C/[C@@H](O)CCOCc2ccccc2)[C@H](O)C[C@@H]1O. The molecule has 1 saturated carbocycles. The fourth-order valence-corrected chi connectivity index (χ4v) is 3.87. The monoisotopic (exact) mass is 416 g/mol. The highest BCUT2D eigenvalue weighted by Gasteiger charge is 2.39. The van der Waals surface area contributed by atoms with Gasteiger partial charge in [-0.3, -0.25) is 0 Å². The number of hydrogen-bond acceptors (Lipinski definition) is 5. The maximum absolute atomic E-state index is 11.0.